The second-order valence-corrected chi connectivity index (χ2v) is 5.32. The number of hydrogen-bond donors (Lipinski definition) is 1. The van der Waals surface area contributed by atoms with Gasteiger partial charge in [0.15, 0.2) is 6.61 Å². The van der Waals surface area contributed by atoms with E-state index in [9.17, 15) is 18.4 Å². The van der Waals surface area contributed by atoms with Crippen molar-refractivity contribution in [3.8, 4) is 0 Å². The number of carbonyl (C=O) groups is 2. The van der Waals surface area contributed by atoms with Crippen molar-refractivity contribution in [2.45, 2.75) is 19.3 Å². The average Bonchev–Trinajstić information content (AvgIpc) is 2.57. The molecule has 0 saturated carbocycles. The van der Waals surface area contributed by atoms with Crippen molar-refractivity contribution < 1.29 is 23.1 Å². The molecule has 0 spiro atoms. The fourth-order valence-corrected chi connectivity index (χ4v) is 2.15. The number of hydrogen-bond acceptors (Lipinski definition) is 3. The minimum atomic E-state index is -0.896. The van der Waals surface area contributed by atoms with Gasteiger partial charge < -0.3 is 10.1 Å². The predicted octanol–water partition coefficient (Wildman–Crippen LogP) is 3.64. The molecule has 0 aromatic heterocycles. The summed E-state index contributed by atoms with van der Waals surface area (Å²) in [7, 11) is 0. The summed E-state index contributed by atoms with van der Waals surface area (Å²) < 4.78 is 31.7. The molecule has 24 heavy (non-hydrogen) atoms. The number of ether oxygens (including phenoxy) is 1. The third kappa shape index (κ3) is 4.87. The lowest BCUT2D eigenvalue weighted by atomic mass is 9.98. The Bertz CT molecular complexity index is 699. The molecule has 1 N–H and O–H groups in total. The third-order valence-corrected chi connectivity index (χ3v) is 3.43. The van der Waals surface area contributed by atoms with Crippen molar-refractivity contribution in [2.24, 2.45) is 0 Å². The highest BCUT2D eigenvalue weighted by molar-refractivity contribution is 5.93. The smallest absolute Gasteiger partial charge is 0.306 e. The number of amides is 1. The van der Waals surface area contributed by atoms with Gasteiger partial charge in [-0.1, -0.05) is 43.3 Å². The topological polar surface area (TPSA) is 55.4 Å². The van der Waals surface area contributed by atoms with Gasteiger partial charge in [0, 0.05) is 0 Å². The van der Waals surface area contributed by atoms with Crippen molar-refractivity contribution in [1.29, 1.82) is 0 Å². The van der Waals surface area contributed by atoms with E-state index in [1.54, 1.807) is 0 Å². The van der Waals surface area contributed by atoms with Gasteiger partial charge in [-0.25, -0.2) is 8.78 Å². The van der Waals surface area contributed by atoms with Gasteiger partial charge >= 0.3 is 5.97 Å². The van der Waals surface area contributed by atoms with Gasteiger partial charge in [-0.15, -0.1) is 0 Å². The first-order chi connectivity index (χ1) is 11.5. The highest BCUT2D eigenvalue weighted by Crippen LogP contribution is 2.19. The fraction of sp³-hybridized carbons (Fsp3) is 0.222. The number of benzene rings is 2. The lowest BCUT2D eigenvalue weighted by molar-refractivity contribution is -0.147. The molecule has 2 rings (SSSR count). The maximum Gasteiger partial charge on any atom is 0.306 e. The normalized spacial score (nSPS) is 11.6. The largest absolute Gasteiger partial charge is 0.456 e. The Hall–Kier alpha value is -2.76. The summed E-state index contributed by atoms with van der Waals surface area (Å²) in [4.78, 5) is 23.4. The number of esters is 1. The zero-order valence-electron chi connectivity index (χ0n) is 13.1. The lowest BCUT2D eigenvalue weighted by Gasteiger charge is -2.12. The van der Waals surface area contributed by atoms with Gasteiger partial charge in [0.25, 0.3) is 5.91 Å². The first kappa shape index (κ1) is 17.6. The molecule has 0 unspecified atom stereocenters. The van der Waals surface area contributed by atoms with Crippen LogP contribution in [0.5, 0.6) is 0 Å². The Morgan fingerprint density at radius 1 is 1.04 bits per heavy atom. The van der Waals surface area contributed by atoms with Gasteiger partial charge in [0.1, 0.15) is 17.3 Å². The summed E-state index contributed by atoms with van der Waals surface area (Å²) in [6, 6.07) is 12.6. The minimum absolute atomic E-state index is 0.0641. The highest BCUT2D eigenvalue weighted by Gasteiger charge is 2.16. The molecule has 4 nitrogen and oxygen atoms in total. The molecule has 6 heteroatoms. The van der Waals surface area contributed by atoms with E-state index in [2.05, 4.69) is 5.32 Å². The Morgan fingerprint density at radius 3 is 2.29 bits per heavy atom. The summed E-state index contributed by atoms with van der Waals surface area (Å²) in [6.07, 6.45) is 0.103. The van der Waals surface area contributed by atoms with Crippen LogP contribution < -0.4 is 5.32 Å². The van der Waals surface area contributed by atoms with Gasteiger partial charge in [-0.05, 0) is 23.6 Å². The molecule has 0 saturated heterocycles. The van der Waals surface area contributed by atoms with Crippen LogP contribution >= 0.6 is 0 Å². The summed E-state index contributed by atoms with van der Waals surface area (Å²) in [5.41, 5.74) is 0.420. The van der Waals surface area contributed by atoms with Crippen molar-refractivity contribution in [3.05, 3.63) is 65.7 Å². The first-order valence-corrected chi connectivity index (χ1v) is 7.42. The first-order valence-electron chi connectivity index (χ1n) is 7.42. The van der Waals surface area contributed by atoms with E-state index >= 15 is 0 Å². The van der Waals surface area contributed by atoms with E-state index in [4.69, 9.17) is 4.74 Å². The standard InChI is InChI=1S/C18H17F2NO3/c1-12(13-6-3-2-4-7-13)10-17(23)24-11-16(22)21-18-14(19)8-5-9-15(18)20/h2-9,12H,10-11H2,1H3,(H,21,22)/t12-/m0/s1. The maximum atomic E-state index is 13.4. The molecule has 0 bridgehead atoms. The predicted molar refractivity (Wildman–Crippen MR) is 85.4 cm³/mol. The van der Waals surface area contributed by atoms with Crippen LogP contribution in [0.2, 0.25) is 0 Å². The van der Waals surface area contributed by atoms with Crippen LogP contribution in [0.25, 0.3) is 0 Å². The fourth-order valence-electron chi connectivity index (χ4n) is 2.15. The van der Waals surface area contributed by atoms with Crippen LogP contribution in [-0.2, 0) is 14.3 Å². The average molecular weight is 333 g/mol. The van der Waals surface area contributed by atoms with Crippen molar-refractivity contribution in [3.63, 3.8) is 0 Å². The molecule has 0 aliphatic heterocycles. The SMILES string of the molecule is C[C@@H](CC(=O)OCC(=O)Nc1c(F)cccc1F)c1ccccc1. The van der Waals surface area contributed by atoms with E-state index in [0.29, 0.717) is 0 Å². The molecule has 1 atom stereocenters. The van der Waals surface area contributed by atoms with Crippen molar-refractivity contribution >= 4 is 17.6 Å². The number of rotatable bonds is 6. The molecular formula is C18H17F2NO3. The number of para-hydroxylation sites is 1. The quantitative estimate of drug-likeness (QED) is 0.821. The zero-order chi connectivity index (χ0) is 17.5. The van der Waals surface area contributed by atoms with E-state index < -0.39 is 35.8 Å². The minimum Gasteiger partial charge on any atom is -0.456 e. The van der Waals surface area contributed by atoms with Crippen LogP contribution in [0.1, 0.15) is 24.8 Å². The van der Waals surface area contributed by atoms with Crippen LogP contribution in [0, 0.1) is 11.6 Å². The second kappa shape index (κ2) is 8.19. The molecule has 0 radical (unpaired) electrons. The monoisotopic (exact) mass is 333 g/mol. The van der Waals surface area contributed by atoms with E-state index in [1.165, 1.54) is 6.07 Å². The lowest BCUT2D eigenvalue weighted by Crippen LogP contribution is -2.22. The number of carbonyl (C=O) groups excluding carboxylic acids is 2. The van der Waals surface area contributed by atoms with Gasteiger partial charge in [0.2, 0.25) is 0 Å². The number of nitrogens with one attached hydrogen (secondary N) is 1. The summed E-state index contributed by atoms with van der Waals surface area (Å²) in [5.74, 6) is -3.22. The van der Waals surface area contributed by atoms with Crippen molar-refractivity contribution in [1.82, 2.24) is 0 Å². The molecule has 0 heterocycles. The third-order valence-electron chi connectivity index (χ3n) is 3.43. The van der Waals surface area contributed by atoms with Crippen LogP contribution in [0.15, 0.2) is 48.5 Å². The number of halogens is 2. The molecule has 0 aliphatic carbocycles. The zero-order valence-corrected chi connectivity index (χ0v) is 13.1. The Labute approximate surface area is 138 Å². The summed E-state index contributed by atoms with van der Waals surface area (Å²) in [5, 5.41) is 2.05. The highest BCUT2D eigenvalue weighted by atomic mass is 19.1. The van der Waals surface area contributed by atoms with E-state index in [-0.39, 0.29) is 12.3 Å². The molecule has 126 valence electrons. The Balaban J connectivity index is 1.82. The van der Waals surface area contributed by atoms with E-state index in [0.717, 1.165) is 17.7 Å². The molecule has 2 aromatic carbocycles. The Morgan fingerprint density at radius 2 is 1.67 bits per heavy atom. The van der Waals surface area contributed by atoms with Gasteiger partial charge in [-0.2, -0.15) is 0 Å². The number of anilines is 1. The molecule has 0 aliphatic rings. The van der Waals surface area contributed by atoms with Crippen LogP contribution in [0.4, 0.5) is 14.5 Å². The molecular weight excluding hydrogens is 316 g/mol. The summed E-state index contributed by atoms with van der Waals surface area (Å²) >= 11 is 0. The second-order valence-electron chi connectivity index (χ2n) is 5.32. The molecule has 0 fully saturated rings. The molecule has 1 amide bonds. The van der Waals surface area contributed by atoms with Crippen LogP contribution in [0.3, 0.4) is 0 Å². The van der Waals surface area contributed by atoms with Crippen LogP contribution in [-0.4, -0.2) is 18.5 Å². The van der Waals surface area contributed by atoms with Crippen molar-refractivity contribution in [2.75, 3.05) is 11.9 Å². The molecule has 2 aromatic rings. The van der Waals surface area contributed by atoms with E-state index in [1.807, 2.05) is 37.3 Å². The Kier molecular flexibility index (Phi) is 6.01. The maximum absolute atomic E-state index is 13.4. The summed E-state index contributed by atoms with van der Waals surface area (Å²) in [6.45, 7) is 1.26. The van der Waals surface area contributed by atoms with Gasteiger partial charge in [-0.3, -0.25) is 9.59 Å². The van der Waals surface area contributed by atoms with Gasteiger partial charge in [0.05, 0.1) is 6.42 Å².